The number of hydrogen-bond donors (Lipinski definition) is 2. The highest BCUT2D eigenvalue weighted by molar-refractivity contribution is 6.39. The fourth-order valence-corrected chi connectivity index (χ4v) is 3.76. The van der Waals surface area contributed by atoms with Crippen LogP contribution in [-0.4, -0.2) is 84.2 Å². The van der Waals surface area contributed by atoms with Crippen LogP contribution in [-0.2, 0) is 9.53 Å². The first kappa shape index (κ1) is 23.2. The van der Waals surface area contributed by atoms with Crippen LogP contribution in [0, 0.1) is 11.3 Å². The molecule has 7 heteroatoms. The highest BCUT2D eigenvalue weighted by Gasteiger charge is 2.34. The molecular weight excluding hydrogens is 366 g/mol. The molecule has 2 N–H and O–H groups in total. The summed E-state index contributed by atoms with van der Waals surface area (Å²) in [6.45, 7) is 26.2. The highest BCUT2D eigenvalue weighted by atomic mass is 16.5. The number of morpholine rings is 1. The number of hydrogen-bond acceptors (Lipinski definition) is 7. The van der Waals surface area contributed by atoms with E-state index < -0.39 is 6.04 Å². The topological polar surface area (TPSA) is 71.9 Å². The maximum atomic E-state index is 12.3. The molecule has 29 heavy (non-hydrogen) atoms. The minimum Gasteiger partial charge on any atom is -0.379 e. The minimum atomic E-state index is -0.445. The van der Waals surface area contributed by atoms with E-state index in [9.17, 15) is 4.79 Å². The predicted molar refractivity (Wildman–Crippen MR) is 118 cm³/mol. The van der Waals surface area contributed by atoms with Gasteiger partial charge in [-0.2, -0.15) is 0 Å². The van der Waals surface area contributed by atoms with Crippen molar-refractivity contribution in [1.82, 2.24) is 20.0 Å². The van der Waals surface area contributed by atoms with Gasteiger partial charge in [0.25, 0.3) is 0 Å². The number of rotatable bonds is 10. The monoisotopic (exact) mass is 403 g/mol. The molecule has 0 aromatic carbocycles. The van der Waals surface area contributed by atoms with E-state index in [2.05, 4.69) is 46.7 Å². The molecule has 2 atom stereocenters. The Morgan fingerprint density at radius 1 is 1.28 bits per heavy atom. The van der Waals surface area contributed by atoms with E-state index in [0.717, 1.165) is 56.6 Å². The number of carbonyl (C=O) groups is 1. The van der Waals surface area contributed by atoms with E-state index >= 15 is 0 Å². The lowest BCUT2D eigenvalue weighted by Gasteiger charge is -2.31. The number of ketones is 1. The molecule has 0 aromatic rings. The second kappa shape index (κ2) is 10.1. The van der Waals surface area contributed by atoms with E-state index in [4.69, 9.17) is 10.1 Å². The summed E-state index contributed by atoms with van der Waals surface area (Å²) >= 11 is 0. The standard InChI is InChI=1S/C22H37N5O2/c1-15(2)21(22(28)17(4)23)24-16(3)14-27-19(6)18(5)26(20(27)7)9-8-25-10-12-29-13-11-25/h15,18,21,23-24H,3,6-14H2,1-2,4-5H3/t18-,21?/m0/s1. The fraction of sp³-hybridized carbons (Fsp3) is 0.636. The number of nitrogens with one attached hydrogen (secondary N) is 2. The van der Waals surface area contributed by atoms with Gasteiger partial charge in [0, 0.05) is 37.6 Å². The highest BCUT2D eigenvalue weighted by Crippen LogP contribution is 2.31. The summed E-state index contributed by atoms with van der Waals surface area (Å²) < 4.78 is 5.42. The lowest BCUT2D eigenvalue weighted by Crippen LogP contribution is -2.44. The van der Waals surface area contributed by atoms with Gasteiger partial charge in [0.05, 0.1) is 37.6 Å². The molecule has 0 radical (unpaired) electrons. The van der Waals surface area contributed by atoms with Crippen molar-refractivity contribution in [2.45, 2.75) is 39.8 Å². The number of nitrogens with zero attached hydrogens (tertiary/aromatic N) is 3. The van der Waals surface area contributed by atoms with Gasteiger partial charge in [-0.05, 0) is 19.8 Å². The molecule has 2 aliphatic rings. The summed E-state index contributed by atoms with van der Waals surface area (Å²) in [7, 11) is 0. The summed E-state index contributed by atoms with van der Waals surface area (Å²) in [5, 5.41) is 10.9. The molecule has 0 spiro atoms. The molecule has 2 saturated heterocycles. The summed E-state index contributed by atoms with van der Waals surface area (Å²) in [4.78, 5) is 19.1. The third-order valence-corrected chi connectivity index (χ3v) is 5.73. The van der Waals surface area contributed by atoms with E-state index in [-0.39, 0.29) is 23.5 Å². The third kappa shape index (κ3) is 5.70. The van der Waals surface area contributed by atoms with Gasteiger partial charge >= 0.3 is 0 Å². The molecule has 0 aromatic heterocycles. The van der Waals surface area contributed by atoms with Crippen molar-refractivity contribution in [3.05, 3.63) is 37.0 Å². The molecule has 162 valence electrons. The SMILES string of the molecule is C=C(CN1C(=C)[C@H](C)N(CCN2CCOCC2)C1=C)NC(C(=O)C(C)=N)C(C)C. The Morgan fingerprint density at radius 3 is 2.45 bits per heavy atom. The van der Waals surface area contributed by atoms with Crippen molar-refractivity contribution < 1.29 is 9.53 Å². The summed E-state index contributed by atoms with van der Waals surface area (Å²) in [6, 6.07) is -0.276. The van der Waals surface area contributed by atoms with Gasteiger partial charge in [0.15, 0.2) is 5.78 Å². The zero-order valence-electron chi connectivity index (χ0n) is 18.5. The molecule has 0 bridgehead atoms. The molecule has 0 aliphatic carbocycles. The van der Waals surface area contributed by atoms with Gasteiger partial charge < -0.3 is 25.3 Å². The van der Waals surface area contributed by atoms with Crippen LogP contribution in [0.15, 0.2) is 37.0 Å². The minimum absolute atomic E-state index is 0.0573. The van der Waals surface area contributed by atoms with E-state index in [1.54, 1.807) is 0 Å². The summed E-state index contributed by atoms with van der Waals surface area (Å²) in [5.41, 5.74) is 1.76. The second-order valence-corrected chi connectivity index (χ2v) is 8.28. The van der Waals surface area contributed by atoms with Crippen LogP contribution in [0.25, 0.3) is 0 Å². The lowest BCUT2D eigenvalue weighted by molar-refractivity contribution is -0.115. The zero-order valence-corrected chi connectivity index (χ0v) is 18.5. The fourth-order valence-electron chi connectivity index (χ4n) is 3.76. The first-order valence-electron chi connectivity index (χ1n) is 10.4. The van der Waals surface area contributed by atoms with Crippen LogP contribution >= 0.6 is 0 Å². The van der Waals surface area contributed by atoms with E-state index in [0.29, 0.717) is 6.54 Å². The maximum absolute atomic E-state index is 12.3. The van der Waals surface area contributed by atoms with Crippen LogP contribution in [0.1, 0.15) is 27.7 Å². The van der Waals surface area contributed by atoms with Crippen molar-refractivity contribution in [1.29, 1.82) is 5.41 Å². The smallest absolute Gasteiger partial charge is 0.198 e. The molecule has 7 nitrogen and oxygen atoms in total. The van der Waals surface area contributed by atoms with Gasteiger partial charge in [-0.1, -0.05) is 33.6 Å². The maximum Gasteiger partial charge on any atom is 0.198 e. The van der Waals surface area contributed by atoms with Crippen molar-refractivity contribution in [3.8, 4) is 0 Å². The van der Waals surface area contributed by atoms with Gasteiger partial charge in [-0.25, -0.2) is 0 Å². The molecule has 1 unspecified atom stereocenters. The van der Waals surface area contributed by atoms with Gasteiger partial charge in [-0.15, -0.1) is 0 Å². The first-order valence-corrected chi connectivity index (χ1v) is 10.4. The van der Waals surface area contributed by atoms with Crippen LogP contribution < -0.4 is 5.32 Å². The Labute approximate surface area is 175 Å². The largest absolute Gasteiger partial charge is 0.379 e. The van der Waals surface area contributed by atoms with E-state index in [1.165, 1.54) is 6.92 Å². The first-order chi connectivity index (χ1) is 13.6. The quantitative estimate of drug-likeness (QED) is 0.544. The molecule has 2 fully saturated rings. The van der Waals surface area contributed by atoms with Crippen molar-refractivity contribution >= 4 is 11.5 Å². The lowest BCUT2D eigenvalue weighted by atomic mass is 9.97. The average molecular weight is 404 g/mol. The molecule has 0 saturated carbocycles. The molecule has 0 amide bonds. The molecule has 2 rings (SSSR count). The van der Waals surface area contributed by atoms with Crippen LogP contribution in [0.4, 0.5) is 0 Å². The Morgan fingerprint density at radius 2 is 1.90 bits per heavy atom. The predicted octanol–water partition coefficient (Wildman–Crippen LogP) is 2.05. The van der Waals surface area contributed by atoms with Crippen LogP contribution in [0.3, 0.4) is 0 Å². The Kier molecular flexibility index (Phi) is 8.05. The van der Waals surface area contributed by atoms with Gasteiger partial charge in [-0.3, -0.25) is 9.69 Å². The number of Topliss-reactive ketones (excluding diaryl/α,β-unsaturated/α-hetero) is 1. The average Bonchev–Trinajstić information content (AvgIpc) is 2.87. The zero-order chi connectivity index (χ0) is 21.7. The van der Waals surface area contributed by atoms with Crippen LogP contribution in [0.5, 0.6) is 0 Å². The Bertz CT molecular complexity index is 666. The van der Waals surface area contributed by atoms with Crippen LogP contribution in [0.2, 0.25) is 0 Å². The molecule has 2 heterocycles. The molecular formula is C22H37N5O2. The third-order valence-electron chi connectivity index (χ3n) is 5.73. The molecule has 2 aliphatic heterocycles. The summed E-state index contributed by atoms with van der Waals surface area (Å²) in [6.07, 6.45) is 0. The number of carbonyl (C=O) groups excluding carboxylic acids is 1. The van der Waals surface area contributed by atoms with E-state index in [1.807, 2.05) is 13.8 Å². The van der Waals surface area contributed by atoms with Crippen molar-refractivity contribution in [2.75, 3.05) is 45.9 Å². The normalized spacial score (nSPS) is 21.6. The Hall–Kier alpha value is -2.12. The van der Waals surface area contributed by atoms with Gasteiger partial charge in [0.1, 0.15) is 5.82 Å². The number of ether oxygens (including phenoxy) is 1. The van der Waals surface area contributed by atoms with Crippen molar-refractivity contribution in [2.24, 2.45) is 5.92 Å². The Balaban J connectivity index is 1.96. The second-order valence-electron chi connectivity index (χ2n) is 8.28. The van der Waals surface area contributed by atoms with Gasteiger partial charge in [0.2, 0.25) is 0 Å². The van der Waals surface area contributed by atoms with Crippen molar-refractivity contribution in [3.63, 3.8) is 0 Å². The summed E-state index contributed by atoms with van der Waals surface area (Å²) in [5.74, 6) is 0.781.